The summed E-state index contributed by atoms with van der Waals surface area (Å²) in [5.74, 6) is 0.533. The van der Waals surface area contributed by atoms with Crippen molar-refractivity contribution in [3.63, 3.8) is 0 Å². The van der Waals surface area contributed by atoms with E-state index in [0.29, 0.717) is 35.3 Å². The molecular formula is C21H24F2O. The largest absolute Gasteiger partial charge is 0.290 e. The number of hydrogen-bond donors (Lipinski definition) is 0. The number of ketones is 1. The maximum absolute atomic E-state index is 13.9. The van der Waals surface area contributed by atoms with E-state index in [2.05, 4.69) is 13.8 Å². The Morgan fingerprint density at radius 2 is 1.92 bits per heavy atom. The van der Waals surface area contributed by atoms with Gasteiger partial charge in [0.15, 0.2) is 5.78 Å². The first kappa shape index (κ1) is 16.0. The van der Waals surface area contributed by atoms with Crippen LogP contribution in [0.2, 0.25) is 0 Å². The zero-order chi connectivity index (χ0) is 17.1. The predicted octanol–water partition coefficient (Wildman–Crippen LogP) is 5.61. The number of hydrogen-bond acceptors (Lipinski definition) is 1. The fourth-order valence-corrected chi connectivity index (χ4v) is 6.21. The van der Waals surface area contributed by atoms with Gasteiger partial charge < -0.3 is 0 Å². The third-order valence-electron chi connectivity index (χ3n) is 7.47. The summed E-state index contributed by atoms with van der Waals surface area (Å²) in [5.41, 5.74) is 1.29. The lowest BCUT2D eigenvalue weighted by atomic mass is 9.46. The second-order valence-corrected chi connectivity index (χ2v) is 8.49. The molecule has 0 saturated heterocycles. The van der Waals surface area contributed by atoms with Crippen LogP contribution in [0, 0.1) is 28.6 Å². The molecule has 5 atom stereocenters. The Bertz CT molecular complexity index is 713. The smallest absolute Gasteiger partial charge is 0.178 e. The average molecular weight is 330 g/mol. The lowest BCUT2D eigenvalue weighted by molar-refractivity contribution is -0.110. The molecule has 0 heterocycles. The molecule has 128 valence electrons. The monoisotopic (exact) mass is 330 g/mol. The van der Waals surface area contributed by atoms with Crippen LogP contribution >= 0.6 is 0 Å². The number of fused-ring (bicyclic) bond motifs is 5. The average Bonchev–Trinajstić information content (AvgIpc) is 2.96. The molecule has 0 amide bonds. The maximum atomic E-state index is 13.9. The van der Waals surface area contributed by atoms with Gasteiger partial charge in [-0.15, -0.1) is 0 Å². The molecule has 0 aromatic carbocycles. The third-order valence-corrected chi connectivity index (χ3v) is 7.47. The number of carbonyl (C=O) groups is 1. The topological polar surface area (TPSA) is 17.1 Å². The highest BCUT2D eigenvalue weighted by atomic mass is 19.1. The van der Waals surface area contributed by atoms with Gasteiger partial charge in [-0.05, 0) is 72.2 Å². The van der Waals surface area contributed by atoms with Gasteiger partial charge in [-0.3, -0.25) is 4.79 Å². The maximum Gasteiger partial charge on any atom is 0.178 e. The second kappa shape index (κ2) is 5.24. The first-order chi connectivity index (χ1) is 11.4. The number of rotatable bonds is 0. The molecule has 0 unspecified atom stereocenters. The van der Waals surface area contributed by atoms with Gasteiger partial charge >= 0.3 is 0 Å². The number of allylic oxidation sites excluding steroid dienone is 6. The zero-order valence-corrected chi connectivity index (χ0v) is 14.3. The molecule has 1 nitrogen and oxygen atoms in total. The van der Waals surface area contributed by atoms with E-state index in [1.165, 1.54) is 18.9 Å². The normalized spacial score (nSPS) is 47.4. The summed E-state index contributed by atoms with van der Waals surface area (Å²) in [6, 6.07) is 0. The third kappa shape index (κ3) is 1.93. The van der Waals surface area contributed by atoms with Crippen LogP contribution in [-0.4, -0.2) is 5.78 Å². The molecule has 0 aromatic heterocycles. The molecule has 4 rings (SSSR count). The highest BCUT2D eigenvalue weighted by molar-refractivity contribution is 6.02. The Hall–Kier alpha value is -1.51. The molecule has 4 aliphatic carbocycles. The van der Waals surface area contributed by atoms with Crippen molar-refractivity contribution >= 4 is 5.78 Å². The first-order valence-electron chi connectivity index (χ1n) is 9.01. The van der Waals surface area contributed by atoms with Gasteiger partial charge in [-0.2, -0.15) is 0 Å². The molecule has 0 spiro atoms. The summed E-state index contributed by atoms with van der Waals surface area (Å²) >= 11 is 0. The second-order valence-electron chi connectivity index (χ2n) is 8.49. The van der Waals surface area contributed by atoms with E-state index in [1.807, 2.05) is 6.08 Å². The molecule has 3 saturated carbocycles. The van der Waals surface area contributed by atoms with Crippen molar-refractivity contribution in [2.45, 2.75) is 46.0 Å². The SMILES string of the molecule is C[C@@]12CCC[C@H]1[C@@H]1C(=CF)C(=CF)C3=CC(=O)C=C[C@]3(C)[C@H]1CC2. The Labute approximate surface area is 142 Å². The predicted molar refractivity (Wildman–Crippen MR) is 90.4 cm³/mol. The van der Waals surface area contributed by atoms with E-state index in [-0.39, 0.29) is 28.4 Å². The van der Waals surface area contributed by atoms with Crippen molar-refractivity contribution in [3.8, 4) is 0 Å². The number of carbonyl (C=O) groups excluding carboxylic acids is 1. The minimum Gasteiger partial charge on any atom is -0.290 e. The molecule has 0 bridgehead atoms. The van der Waals surface area contributed by atoms with Gasteiger partial charge in [0.1, 0.15) is 0 Å². The molecule has 3 heteroatoms. The van der Waals surface area contributed by atoms with Gasteiger partial charge in [0, 0.05) is 11.0 Å². The Morgan fingerprint density at radius 1 is 1.12 bits per heavy atom. The summed E-state index contributed by atoms with van der Waals surface area (Å²) in [5, 5.41) is 0. The van der Waals surface area contributed by atoms with E-state index in [0.717, 1.165) is 19.3 Å². The number of halogens is 2. The lowest BCUT2D eigenvalue weighted by Crippen LogP contribution is -2.49. The van der Waals surface area contributed by atoms with Crippen LogP contribution in [0.15, 0.2) is 47.6 Å². The summed E-state index contributed by atoms with van der Waals surface area (Å²) in [6.45, 7) is 4.42. The minimum atomic E-state index is -0.382. The van der Waals surface area contributed by atoms with Crippen molar-refractivity contribution in [1.29, 1.82) is 0 Å². The summed E-state index contributed by atoms with van der Waals surface area (Å²) in [6.07, 6.45) is 11.8. The van der Waals surface area contributed by atoms with E-state index in [9.17, 15) is 13.6 Å². The van der Waals surface area contributed by atoms with Crippen molar-refractivity contribution in [2.24, 2.45) is 28.6 Å². The molecule has 0 aliphatic heterocycles. The summed E-state index contributed by atoms with van der Waals surface area (Å²) in [7, 11) is 0. The van der Waals surface area contributed by atoms with Crippen molar-refractivity contribution in [1.82, 2.24) is 0 Å². The molecule has 4 aliphatic rings. The van der Waals surface area contributed by atoms with E-state index in [4.69, 9.17) is 0 Å². The van der Waals surface area contributed by atoms with Crippen molar-refractivity contribution in [3.05, 3.63) is 47.6 Å². The van der Waals surface area contributed by atoms with Gasteiger partial charge in [0.2, 0.25) is 0 Å². The van der Waals surface area contributed by atoms with Crippen LogP contribution in [0.4, 0.5) is 8.78 Å². The van der Waals surface area contributed by atoms with Gasteiger partial charge in [0.25, 0.3) is 0 Å². The molecule has 0 radical (unpaired) electrons. The highest BCUT2D eigenvalue weighted by Gasteiger charge is 2.58. The quantitative estimate of drug-likeness (QED) is 0.564. The standard InChI is InChI=1S/C21H24F2O/c1-20-7-3-4-16(20)19-15(12-23)14(11-22)18-10-13(24)5-9-21(18,2)17(19)6-8-20/h5,9-12,16-17,19H,3-4,6-8H2,1-2H3/t16-,17-,19-,20-,21+/m0/s1. The van der Waals surface area contributed by atoms with Crippen LogP contribution in [-0.2, 0) is 4.79 Å². The van der Waals surface area contributed by atoms with Gasteiger partial charge in [-0.1, -0.05) is 26.3 Å². The van der Waals surface area contributed by atoms with Gasteiger partial charge in [0.05, 0.1) is 12.7 Å². The van der Waals surface area contributed by atoms with Crippen LogP contribution < -0.4 is 0 Å². The van der Waals surface area contributed by atoms with E-state index in [1.54, 1.807) is 6.08 Å². The molecule has 3 fully saturated rings. The van der Waals surface area contributed by atoms with Crippen LogP contribution in [0.5, 0.6) is 0 Å². The minimum absolute atomic E-state index is 0.0400. The molecule has 0 aromatic rings. The van der Waals surface area contributed by atoms with Crippen molar-refractivity contribution < 1.29 is 13.6 Å². The zero-order valence-electron chi connectivity index (χ0n) is 14.3. The summed E-state index contributed by atoms with van der Waals surface area (Å²) < 4.78 is 27.8. The van der Waals surface area contributed by atoms with E-state index < -0.39 is 0 Å². The van der Waals surface area contributed by atoms with Crippen LogP contribution in [0.25, 0.3) is 0 Å². The summed E-state index contributed by atoms with van der Waals surface area (Å²) in [4.78, 5) is 11.9. The fraction of sp³-hybridized carbons (Fsp3) is 0.571. The Balaban J connectivity index is 1.90. The highest BCUT2D eigenvalue weighted by Crippen LogP contribution is 2.66. The molecule has 24 heavy (non-hydrogen) atoms. The van der Waals surface area contributed by atoms with E-state index >= 15 is 0 Å². The fourth-order valence-electron chi connectivity index (χ4n) is 6.21. The van der Waals surface area contributed by atoms with Gasteiger partial charge in [-0.25, -0.2) is 8.78 Å². The first-order valence-corrected chi connectivity index (χ1v) is 9.01. The molecular weight excluding hydrogens is 306 g/mol. The Kier molecular flexibility index (Phi) is 3.49. The lowest BCUT2D eigenvalue weighted by Gasteiger charge is -2.57. The van der Waals surface area contributed by atoms with Crippen LogP contribution in [0.3, 0.4) is 0 Å². The van der Waals surface area contributed by atoms with Crippen molar-refractivity contribution in [2.75, 3.05) is 0 Å². The molecule has 0 N–H and O–H groups in total. The van der Waals surface area contributed by atoms with Crippen LogP contribution in [0.1, 0.15) is 46.0 Å². The Morgan fingerprint density at radius 3 is 2.62 bits per heavy atom.